The topological polar surface area (TPSA) is 0 Å². The molecule has 0 atom stereocenters. The summed E-state index contributed by atoms with van der Waals surface area (Å²) in [6, 6.07) is 0. The Hall–Kier alpha value is -2.34. The van der Waals surface area contributed by atoms with E-state index in [0.29, 0.717) is 0 Å². The molecule has 0 bridgehead atoms. The molecule has 0 N–H and O–H groups in total. The van der Waals surface area contributed by atoms with E-state index in [2.05, 4.69) is 167 Å². The van der Waals surface area contributed by atoms with Crippen molar-refractivity contribution in [1.29, 1.82) is 0 Å². The second-order valence-electron chi connectivity index (χ2n) is 13.0. The van der Waals surface area contributed by atoms with Crippen LogP contribution in [0.3, 0.4) is 0 Å². The van der Waals surface area contributed by atoms with Gasteiger partial charge < -0.3 is 0 Å². The van der Waals surface area contributed by atoms with Gasteiger partial charge in [-0.2, -0.15) is 0 Å². The van der Waals surface area contributed by atoms with Gasteiger partial charge >= 0.3 is 0 Å². The zero-order valence-corrected chi connectivity index (χ0v) is 27.1. The van der Waals surface area contributed by atoms with Crippen molar-refractivity contribution in [3.8, 4) is 0 Å². The summed E-state index contributed by atoms with van der Waals surface area (Å²) >= 11 is 0. The van der Waals surface area contributed by atoms with Gasteiger partial charge in [0.1, 0.15) is 0 Å². The smallest absolute Gasteiger partial charge is 0.00970 e. The molecule has 0 heteroatoms. The molecule has 0 aromatic carbocycles. The normalized spacial score (nSPS) is 23.8. The van der Waals surface area contributed by atoms with Crippen LogP contribution in [-0.4, -0.2) is 0 Å². The van der Waals surface area contributed by atoms with Crippen molar-refractivity contribution in [3.05, 3.63) is 144 Å². The third kappa shape index (κ3) is 11.6. The average Bonchev–Trinajstić information content (AvgIpc) is 2.85. The summed E-state index contributed by atoms with van der Waals surface area (Å²) in [7, 11) is 0. The van der Waals surface area contributed by atoms with Gasteiger partial charge in [0.05, 0.1) is 0 Å². The first-order chi connectivity index (χ1) is 18.8. The maximum Gasteiger partial charge on any atom is 0.00970 e. The van der Waals surface area contributed by atoms with E-state index in [1.54, 1.807) is 0 Å². The van der Waals surface area contributed by atoms with Crippen molar-refractivity contribution in [1.82, 2.24) is 0 Å². The zero-order chi connectivity index (χ0) is 29.8. The second kappa shape index (κ2) is 16.2. The van der Waals surface area contributed by atoms with Crippen LogP contribution in [-0.2, 0) is 0 Å². The molecule has 0 nitrogen and oxygen atoms in total. The van der Waals surface area contributed by atoms with Crippen LogP contribution in [0.4, 0.5) is 0 Å². The van der Waals surface area contributed by atoms with Crippen molar-refractivity contribution < 1.29 is 0 Å². The van der Waals surface area contributed by atoms with E-state index in [-0.39, 0.29) is 10.8 Å². The van der Waals surface area contributed by atoms with Crippen LogP contribution >= 0.6 is 0 Å². The molecule has 214 valence electrons. The van der Waals surface area contributed by atoms with Gasteiger partial charge in [-0.25, -0.2) is 0 Å². The van der Waals surface area contributed by atoms with Crippen molar-refractivity contribution >= 4 is 0 Å². The first kappa shape index (κ1) is 33.9. The number of allylic oxidation sites excluding steroid dienone is 18. The highest BCUT2D eigenvalue weighted by Gasteiger charge is 2.36. The Morgan fingerprint density at radius 2 is 0.850 bits per heavy atom. The monoisotopic (exact) mass is 534 g/mol. The molecule has 0 aromatic rings. The first-order valence-electron chi connectivity index (χ1n) is 14.9. The Labute approximate surface area is 249 Å². The summed E-state index contributed by atoms with van der Waals surface area (Å²) in [5.74, 6) is 5.96. The lowest BCUT2D eigenvalue weighted by Gasteiger charge is -2.40. The molecule has 40 heavy (non-hydrogen) atoms. The van der Waals surface area contributed by atoms with Crippen LogP contribution in [0.5, 0.6) is 0 Å². The van der Waals surface area contributed by atoms with Gasteiger partial charge in [-0.1, -0.05) is 149 Å². The van der Waals surface area contributed by atoms with Crippen molar-refractivity contribution in [3.63, 3.8) is 0 Å². The van der Waals surface area contributed by atoms with E-state index in [4.69, 9.17) is 0 Å². The molecule has 0 heterocycles. The van der Waals surface area contributed by atoms with Crippen LogP contribution in [0, 0.1) is 47.3 Å². The van der Waals surface area contributed by atoms with Crippen LogP contribution in [0.15, 0.2) is 107 Å². The maximum absolute atomic E-state index is 2.41. The van der Waals surface area contributed by atoms with Gasteiger partial charge in [0.15, 0.2) is 0 Å². The van der Waals surface area contributed by atoms with Crippen molar-refractivity contribution in [2.45, 2.75) is 94.9 Å². The quantitative estimate of drug-likeness (QED) is 0.244. The largest absolute Gasteiger partial charge is 0.0760 e. The Morgan fingerprint density at radius 3 is 1.20 bits per heavy atom. The minimum Gasteiger partial charge on any atom is -0.0760 e. The molecule has 0 aliphatic heterocycles. The van der Waals surface area contributed by atoms with E-state index in [1.807, 2.05) is 0 Å². The number of hydrogen-bond donors (Lipinski definition) is 0. The predicted molar refractivity (Wildman–Crippen MR) is 180 cm³/mol. The third-order valence-corrected chi connectivity index (χ3v) is 7.88. The van der Waals surface area contributed by atoms with Gasteiger partial charge in [-0.3, -0.25) is 0 Å². The molecular formula is C40H54. The molecule has 0 aromatic heterocycles. The molecular weight excluding hydrogens is 480 g/mol. The molecule has 2 aliphatic carbocycles. The summed E-state index contributed by atoms with van der Waals surface area (Å²) in [5.41, 5.74) is 5.45. The average molecular weight is 535 g/mol. The van der Waals surface area contributed by atoms with Crippen LogP contribution < -0.4 is 0 Å². The summed E-state index contributed by atoms with van der Waals surface area (Å²) in [4.78, 5) is 0. The molecule has 2 fully saturated rings. The Bertz CT molecular complexity index is 983. The van der Waals surface area contributed by atoms with Crippen LogP contribution in [0.25, 0.3) is 0 Å². The van der Waals surface area contributed by atoms with E-state index in [0.717, 1.165) is 25.7 Å². The van der Waals surface area contributed by atoms with E-state index < -0.39 is 0 Å². The van der Waals surface area contributed by atoms with Crippen LogP contribution in [0.1, 0.15) is 94.9 Å². The minimum absolute atomic E-state index is 0.235. The van der Waals surface area contributed by atoms with E-state index in [1.165, 1.54) is 46.0 Å². The van der Waals surface area contributed by atoms with Gasteiger partial charge in [-0.05, 0) is 88.9 Å². The zero-order valence-electron chi connectivity index (χ0n) is 27.1. The lowest BCUT2D eigenvalue weighted by molar-refractivity contribution is 0.358. The lowest BCUT2D eigenvalue weighted by Crippen LogP contribution is -2.29. The molecule has 0 spiro atoms. The lowest BCUT2D eigenvalue weighted by atomic mass is 9.64. The second-order valence-corrected chi connectivity index (χ2v) is 13.0. The summed E-state index contributed by atoms with van der Waals surface area (Å²) in [6.07, 6.45) is 39.9. The SMILES string of the molecule is C[C]1C[CH]CC(C)(C)[C]1/C=C/C(C)=C/C=C/C(C)=C/C=C/C=C(C)/C=C/C=C(C)/C=C/[C]1[C](C)C[CH]CC1(C)C. The van der Waals surface area contributed by atoms with Gasteiger partial charge in [0.2, 0.25) is 0 Å². The molecule has 0 amide bonds. The molecule has 0 unspecified atom stereocenters. The fraction of sp³-hybridized carbons (Fsp3) is 0.400. The van der Waals surface area contributed by atoms with Crippen molar-refractivity contribution in [2.75, 3.05) is 0 Å². The molecule has 2 rings (SSSR count). The van der Waals surface area contributed by atoms with Gasteiger partial charge in [0.25, 0.3) is 0 Å². The fourth-order valence-corrected chi connectivity index (χ4v) is 5.40. The number of hydrogen-bond acceptors (Lipinski definition) is 0. The molecule has 0 saturated heterocycles. The summed E-state index contributed by atoms with van der Waals surface area (Å²) in [6.45, 7) is 22.5. The minimum atomic E-state index is 0.235. The summed E-state index contributed by atoms with van der Waals surface area (Å²) < 4.78 is 0. The van der Waals surface area contributed by atoms with Gasteiger partial charge in [-0.15, -0.1) is 0 Å². The van der Waals surface area contributed by atoms with Gasteiger partial charge in [0, 0.05) is 11.8 Å². The third-order valence-electron chi connectivity index (χ3n) is 7.88. The predicted octanol–water partition coefficient (Wildman–Crippen LogP) is 11.9. The maximum atomic E-state index is 2.41. The van der Waals surface area contributed by atoms with E-state index >= 15 is 0 Å². The molecule has 6 radical (unpaired) electrons. The Balaban J connectivity index is 1.85. The standard InChI is InChI=1S/C40H54/c1-31(19-13-21-33(3)25-27-37-35(5)23-15-29-39(37,7)8)17-11-12-18-32(2)20-14-22-34(4)26-28-38-36(6)24-16-30-40(38,9)10/h11-22,25-28H,23-24,29-30H2,1-10H3/b12-11+,19-13+,20-14+,27-25+,28-26+,31-17+,32-18+,33-21+,34-22+. The van der Waals surface area contributed by atoms with E-state index in [9.17, 15) is 0 Å². The molecule has 2 aliphatic rings. The van der Waals surface area contributed by atoms with Crippen LogP contribution in [0.2, 0.25) is 0 Å². The number of rotatable bonds is 10. The molecule has 2 saturated carbocycles. The highest BCUT2D eigenvalue weighted by Crippen LogP contribution is 2.48. The van der Waals surface area contributed by atoms with Crippen molar-refractivity contribution in [2.24, 2.45) is 10.8 Å². The Kier molecular flexibility index (Phi) is 13.7. The highest BCUT2D eigenvalue weighted by molar-refractivity contribution is 5.40. The Morgan fingerprint density at radius 1 is 0.525 bits per heavy atom. The first-order valence-corrected chi connectivity index (χ1v) is 14.9. The highest BCUT2D eigenvalue weighted by atomic mass is 14.4. The fourth-order valence-electron chi connectivity index (χ4n) is 5.40. The summed E-state index contributed by atoms with van der Waals surface area (Å²) in [5, 5.41) is 0.